The first-order valence-electron chi connectivity index (χ1n) is 6.84. The average molecular weight is 259 g/mol. The molecule has 1 aliphatic carbocycles. The van der Waals surface area contributed by atoms with E-state index in [1.807, 2.05) is 27.0 Å². The van der Waals surface area contributed by atoms with Gasteiger partial charge in [0.25, 0.3) is 0 Å². The number of aromatic nitrogens is 1. The van der Waals surface area contributed by atoms with Gasteiger partial charge in [-0.25, -0.2) is 0 Å². The van der Waals surface area contributed by atoms with Gasteiger partial charge in [-0.3, -0.25) is 4.98 Å². The van der Waals surface area contributed by atoms with Crippen LogP contribution in [-0.2, 0) is 0 Å². The summed E-state index contributed by atoms with van der Waals surface area (Å²) in [6, 6.07) is 4.28. The summed E-state index contributed by atoms with van der Waals surface area (Å²) in [6.45, 7) is 3.79. The van der Waals surface area contributed by atoms with E-state index in [0.29, 0.717) is 5.56 Å². The van der Waals surface area contributed by atoms with E-state index in [9.17, 15) is 10.4 Å². The summed E-state index contributed by atoms with van der Waals surface area (Å²) < 4.78 is 0. The lowest BCUT2D eigenvalue weighted by Gasteiger charge is -2.37. The van der Waals surface area contributed by atoms with Gasteiger partial charge in [-0.05, 0) is 32.8 Å². The Bertz CT molecular complexity index is 507. The third-order valence-electron chi connectivity index (χ3n) is 3.99. The highest BCUT2D eigenvalue weighted by atomic mass is 16.3. The maximum absolute atomic E-state index is 10.2. The van der Waals surface area contributed by atoms with Gasteiger partial charge in [0.1, 0.15) is 6.07 Å². The van der Waals surface area contributed by atoms with Crippen molar-refractivity contribution in [3.8, 4) is 6.07 Å². The van der Waals surface area contributed by atoms with Crippen molar-refractivity contribution in [2.24, 2.45) is 0 Å². The van der Waals surface area contributed by atoms with Crippen LogP contribution >= 0.6 is 0 Å². The van der Waals surface area contributed by atoms with E-state index >= 15 is 0 Å². The van der Waals surface area contributed by atoms with Crippen molar-refractivity contribution in [2.75, 3.05) is 11.9 Å². The molecule has 1 aromatic heterocycles. The van der Waals surface area contributed by atoms with Crippen molar-refractivity contribution in [1.82, 2.24) is 4.98 Å². The van der Waals surface area contributed by atoms with E-state index in [4.69, 9.17) is 0 Å². The second-order valence-electron chi connectivity index (χ2n) is 5.39. The fourth-order valence-electron chi connectivity index (χ4n) is 2.95. The molecule has 0 bridgehead atoms. The molecule has 2 rings (SSSR count). The maximum atomic E-state index is 10.2. The van der Waals surface area contributed by atoms with Crippen LogP contribution in [0.2, 0.25) is 0 Å². The Kier molecular flexibility index (Phi) is 4.06. The molecule has 0 aliphatic heterocycles. The van der Waals surface area contributed by atoms with Crippen LogP contribution in [0.3, 0.4) is 0 Å². The number of hydrogen-bond donors (Lipinski definition) is 1. The molecule has 1 N–H and O–H groups in total. The summed E-state index contributed by atoms with van der Waals surface area (Å²) in [6.07, 6.45) is 3.74. The summed E-state index contributed by atoms with van der Waals surface area (Å²) in [5.74, 6) is 0. The molecule has 102 valence electrons. The zero-order chi connectivity index (χ0) is 14.0. The van der Waals surface area contributed by atoms with E-state index in [2.05, 4.69) is 16.0 Å². The highest BCUT2D eigenvalue weighted by Gasteiger charge is 2.28. The minimum Gasteiger partial charge on any atom is -0.391 e. The number of rotatable bonds is 2. The minimum absolute atomic E-state index is 0.0991. The Balaban J connectivity index is 2.38. The second-order valence-corrected chi connectivity index (χ2v) is 5.39. The fraction of sp³-hybridized carbons (Fsp3) is 0.600. The third-order valence-corrected chi connectivity index (χ3v) is 3.99. The van der Waals surface area contributed by atoms with Crippen LogP contribution < -0.4 is 4.90 Å². The number of aliphatic hydroxyl groups excluding tert-OH is 1. The van der Waals surface area contributed by atoms with Crippen LogP contribution in [0.15, 0.2) is 6.07 Å². The van der Waals surface area contributed by atoms with Gasteiger partial charge in [0.05, 0.1) is 29.1 Å². The van der Waals surface area contributed by atoms with Gasteiger partial charge in [-0.15, -0.1) is 0 Å². The fourth-order valence-corrected chi connectivity index (χ4v) is 2.95. The molecule has 0 spiro atoms. The van der Waals surface area contributed by atoms with Crippen molar-refractivity contribution < 1.29 is 5.11 Å². The summed E-state index contributed by atoms with van der Waals surface area (Å²) in [5.41, 5.74) is 3.17. The molecule has 0 aromatic carbocycles. The normalized spacial score (nSPS) is 22.9. The van der Waals surface area contributed by atoms with Crippen LogP contribution in [0.1, 0.15) is 42.6 Å². The molecule has 2 atom stereocenters. The molecule has 0 radical (unpaired) electrons. The van der Waals surface area contributed by atoms with Crippen molar-refractivity contribution in [1.29, 1.82) is 5.26 Å². The Hall–Kier alpha value is -1.60. The lowest BCUT2D eigenvalue weighted by molar-refractivity contribution is 0.106. The predicted octanol–water partition coefficient (Wildman–Crippen LogP) is 2.31. The highest BCUT2D eigenvalue weighted by Crippen LogP contribution is 2.29. The maximum Gasteiger partial charge on any atom is 0.103 e. The summed E-state index contributed by atoms with van der Waals surface area (Å²) in [5, 5.41) is 19.5. The molecular weight excluding hydrogens is 238 g/mol. The number of anilines is 1. The Morgan fingerprint density at radius 3 is 2.68 bits per heavy atom. The molecule has 1 saturated carbocycles. The van der Waals surface area contributed by atoms with Crippen LogP contribution in [0.5, 0.6) is 0 Å². The van der Waals surface area contributed by atoms with Gasteiger partial charge < -0.3 is 10.0 Å². The van der Waals surface area contributed by atoms with Gasteiger partial charge in [0.15, 0.2) is 0 Å². The molecule has 0 saturated heterocycles. The van der Waals surface area contributed by atoms with Crippen LogP contribution in [0.4, 0.5) is 5.69 Å². The summed E-state index contributed by atoms with van der Waals surface area (Å²) >= 11 is 0. The van der Waals surface area contributed by atoms with Gasteiger partial charge in [0, 0.05) is 12.7 Å². The lowest BCUT2D eigenvalue weighted by Crippen LogP contribution is -2.43. The van der Waals surface area contributed by atoms with Crippen molar-refractivity contribution >= 4 is 5.69 Å². The molecule has 4 heteroatoms. The molecular formula is C15H21N3O. The van der Waals surface area contributed by atoms with Gasteiger partial charge >= 0.3 is 0 Å². The van der Waals surface area contributed by atoms with Crippen LogP contribution in [0.25, 0.3) is 0 Å². The average Bonchev–Trinajstić information content (AvgIpc) is 2.37. The number of likely N-dealkylation sites (N-methyl/N-ethyl adjacent to an activating group) is 1. The number of aryl methyl sites for hydroxylation is 2. The lowest BCUT2D eigenvalue weighted by atomic mass is 9.91. The zero-order valence-corrected chi connectivity index (χ0v) is 11.8. The quantitative estimate of drug-likeness (QED) is 0.885. The van der Waals surface area contributed by atoms with Crippen LogP contribution in [0, 0.1) is 25.2 Å². The van der Waals surface area contributed by atoms with E-state index in [0.717, 1.165) is 42.8 Å². The van der Waals surface area contributed by atoms with Crippen molar-refractivity contribution in [3.05, 3.63) is 23.0 Å². The third kappa shape index (κ3) is 2.71. The molecule has 2 unspecified atom stereocenters. The molecule has 4 nitrogen and oxygen atoms in total. The Morgan fingerprint density at radius 2 is 2.05 bits per heavy atom. The Morgan fingerprint density at radius 1 is 1.37 bits per heavy atom. The smallest absolute Gasteiger partial charge is 0.103 e. The number of nitriles is 1. The topological polar surface area (TPSA) is 60.1 Å². The molecule has 19 heavy (non-hydrogen) atoms. The van der Waals surface area contributed by atoms with Gasteiger partial charge in [-0.1, -0.05) is 12.8 Å². The standard InChI is InChI=1S/C15H21N3O/c1-10-8-14(12(9-16)11(2)17-10)18(3)13-6-4-5-7-15(13)19/h8,13,15,19H,4-7H2,1-3H3. The minimum atomic E-state index is -0.306. The van der Waals surface area contributed by atoms with E-state index in [-0.39, 0.29) is 12.1 Å². The first-order chi connectivity index (χ1) is 9.04. The van der Waals surface area contributed by atoms with E-state index in [1.165, 1.54) is 0 Å². The van der Waals surface area contributed by atoms with E-state index < -0.39 is 0 Å². The summed E-state index contributed by atoms with van der Waals surface area (Å²) in [7, 11) is 1.97. The predicted molar refractivity (Wildman–Crippen MR) is 75.1 cm³/mol. The Labute approximate surface area is 114 Å². The van der Waals surface area contributed by atoms with Crippen molar-refractivity contribution in [2.45, 2.75) is 51.7 Å². The molecule has 1 heterocycles. The largest absolute Gasteiger partial charge is 0.391 e. The SMILES string of the molecule is Cc1cc(N(C)C2CCCCC2O)c(C#N)c(C)n1. The zero-order valence-electron chi connectivity index (χ0n) is 11.8. The number of aliphatic hydroxyl groups is 1. The highest BCUT2D eigenvalue weighted by molar-refractivity contribution is 5.62. The van der Waals surface area contributed by atoms with Crippen molar-refractivity contribution in [3.63, 3.8) is 0 Å². The molecule has 1 fully saturated rings. The number of nitrogens with zero attached hydrogens (tertiary/aromatic N) is 3. The van der Waals surface area contributed by atoms with E-state index in [1.54, 1.807) is 0 Å². The summed E-state index contributed by atoms with van der Waals surface area (Å²) in [4.78, 5) is 6.40. The first kappa shape index (κ1) is 13.8. The monoisotopic (exact) mass is 259 g/mol. The van der Waals surface area contributed by atoms with Gasteiger partial charge in [-0.2, -0.15) is 5.26 Å². The molecule has 1 aliphatic rings. The second kappa shape index (κ2) is 5.58. The number of pyridine rings is 1. The molecule has 0 amide bonds. The molecule has 1 aromatic rings. The van der Waals surface area contributed by atoms with Crippen LogP contribution in [-0.4, -0.2) is 29.3 Å². The number of hydrogen-bond acceptors (Lipinski definition) is 4. The van der Waals surface area contributed by atoms with Gasteiger partial charge in [0.2, 0.25) is 0 Å². The first-order valence-corrected chi connectivity index (χ1v) is 6.84.